The van der Waals surface area contributed by atoms with E-state index in [1.165, 1.54) is 0 Å². The second kappa shape index (κ2) is 5.00. The first-order chi connectivity index (χ1) is 6.70. The standard InChI is InChI=1S/C10H21N3O2/c1-6(2)7(8(11)13-15)12-9(14)10(3,4)5/h6-7,15H,1-5H3,(H2,11,13)(H,12,14). The Morgan fingerprint density at radius 1 is 1.40 bits per heavy atom. The molecule has 4 N–H and O–H groups in total. The van der Waals surface area contributed by atoms with E-state index in [0.29, 0.717) is 0 Å². The summed E-state index contributed by atoms with van der Waals surface area (Å²) < 4.78 is 0. The van der Waals surface area contributed by atoms with Crippen LogP contribution in [0.4, 0.5) is 0 Å². The molecular formula is C10H21N3O2. The molecule has 0 aliphatic carbocycles. The molecule has 1 unspecified atom stereocenters. The molecule has 1 amide bonds. The largest absolute Gasteiger partial charge is 0.409 e. The first kappa shape index (κ1) is 13.7. The van der Waals surface area contributed by atoms with Gasteiger partial charge in [0.25, 0.3) is 0 Å². The number of oxime groups is 1. The highest BCUT2D eigenvalue weighted by Crippen LogP contribution is 2.14. The summed E-state index contributed by atoms with van der Waals surface area (Å²) in [7, 11) is 0. The van der Waals surface area contributed by atoms with E-state index in [4.69, 9.17) is 10.9 Å². The number of hydrogen-bond acceptors (Lipinski definition) is 3. The maximum absolute atomic E-state index is 11.7. The van der Waals surface area contributed by atoms with Crippen LogP contribution in [0, 0.1) is 11.3 Å². The van der Waals surface area contributed by atoms with Gasteiger partial charge in [0.15, 0.2) is 5.84 Å². The predicted molar refractivity (Wildman–Crippen MR) is 59.6 cm³/mol. The van der Waals surface area contributed by atoms with Crippen molar-refractivity contribution in [2.24, 2.45) is 22.2 Å². The van der Waals surface area contributed by atoms with Crippen LogP contribution in [0.15, 0.2) is 5.16 Å². The minimum absolute atomic E-state index is 0.0302. The Bertz CT molecular complexity index is 254. The zero-order valence-electron chi connectivity index (χ0n) is 10.0. The molecule has 5 nitrogen and oxygen atoms in total. The van der Waals surface area contributed by atoms with Crippen LogP contribution >= 0.6 is 0 Å². The second-order valence-electron chi connectivity index (χ2n) is 4.97. The van der Waals surface area contributed by atoms with Crippen LogP contribution in [-0.4, -0.2) is 23.0 Å². The van der Waals surface area contributed by atoms with Gasteiger partial charge >= 0.3 is 0 Å². The summed E-state index contributed by atoms with van der Waals surface area (Å²) >= 11 is 0. The van der Waals surface area contributed by atoms with E-state index in [1.54, 1.807) is 0 Å². The summed E-state index contributed by atoms with van der Waals surface area (Å²) in [5.74, 6) is -0.0115. The van der Waals surface area contributed by atoms with Crippen LogP contribution in [0.25, 0.3) is 0 Å². The lowest BCUT2D eigenvalue weighted by atomic mass is 9.93. The summed E-state index contributed by atoms with van der Waals surface area (Å²) in [6.07, 6.45) is 0. The van der Waals surface area contributed by atoms with Crippen LogP contribution in [0.5, 0.6) is 0 Å². The fourth-order valence-electron chi connectivity index (χ4n) is 1.00. The van der Waals surface area contributed by atoms with Gasteiger partial charge in [0.1, 0.15) is 0 Å². The summed E-state index contributed by atoms with van der Waals surface area (Å²) in [6.45, 7) is 9.22. The van der Waals surface area contributed by atoms with E-state index in [9.17, 15) is 4.79 Å². The predicted octanol–water partition coefficient (Wildman–Crippen LogP) is 0.920. The number of carbonyl (C=O) groups excluding carboxylic acids is 1. The molecule has 0 heterocycles. The molecule has 0 fully saturated rings. The Hall–Kier alpha value is -1.26. The molecule has 88 valence electrons. The van der Waals surface area contributed by atoms with Crippen molar-refractivity contribution in [2.75, 3.05) is 0 Å². The van der Waals surface area contributed by atoms with Gasteiger partial charge < -0.3 is 16.3 Å². The van der Waals surface area contributed by atoms with Crippen molar-refractivity contribution >= 4 is 11.7 Å². The van der Waals surface area contributed by atoms with Crippen molar-refractivity contribution in [2.45, 2.75) is 40.7 Å². The third kappa shape index (κ3) is 4.18. The van der Waals surface area contributed by atoms with Crippen molar-refractivity contribution in [3.8, 4) is 0 Å². The van der Waals surface area contributed by atoms with E-state index < -0.39 is 11.5 Å². The fraction of sp³-hybridized carbons (Fsp3) is 0.800. The monoisotopic (exact) mass is 215 g/mol. The maximum Gasteiger partial charge on any atom is 0.225 e. The number of nitrogens with two attached hydrogens (primary N) is 1. The normalized spacial score (nSPS) is 15.2. The quantitative estimate of drug-likeness (QED) is 0.283. The van der Waals surface area contributed by atoms with Gasteiger partial charge in [0, 0.05) is 5.41 Å². The van der Waals surface area contributed by atoms with Gasteiger partial charge in [-0.25, -0.2) is 0 Å². The Morgan fingerprint density at radius 3 is 2.13 bits per heavy atom. The Balaban J connectivity index is 4.65. The summed E-state index contributed by atoms with van der Waals surface area (Å²) in [5.41, 5.74) is 5.01. The maximum atomic E-state index is 11.7. The van der Waals surface area contributed by atoms with E-state index in [-0.39, 0.29) is 17.7 Å². The van der Waals surface area contributed by atoms with Crippen molar-refractivity contribution in [3.05, 3.63) is 0 Å². The molecule has 0 rings (SSSR count). The molecule has 0 aliphatic rings. The first-order valence-corrected chi connectivity index (χ1v) is 4.98. The number of carbonyl (C=O) groups is 1. The molecule has 0 radical (unpaired) electrons. The molecule has 0 saturated carbocycles. The number of amidine groups is 1. The third-order valence-electron chi connectivity index (χ3n) is 2.07. The smallest absolute Gasteiger partial charge is 0.225 e. The highest BCUT2D eigenvalue weighted by atomic mass is 16.4. The minimum Gasteiger partial charge on any atom is -0.409 e. The van der Waals surface area contributed by atoms with E-state index >= 15 is 0 Å². The van der Waals surface area contributed by atoms with Gasteiger partial charge in [-0.2, -0.15) is 0 Å². The highest BCUT2D eigenvalue weighted by molar-refractivity contribution is 5.91. The van der Waals surface area contributed by atoms with Gasteiger partial charge in [0.2, 0.25) is 5.91 Å². The molecule has 5 heteroatoms. The van der Waals surface area contributed by atoms with Crippen LogP contribution in [0.2, 0.25) is 0 Å². The van der Waals surface area contributed by atoms with Gasteiger partial charge in [-0.1, -0.05) is 39.8 Å². The highest BCUT2D eigenvalue weighted by Gasteiger charge is 2.27. The molecule has 0 aromatic heterocycles. The zero-order chi connectivity index (χ0) is 12.2. The van der Waals surface area contributed by atoms with Crippen molar-refractivity contribution in [1.29, 1.82) is 0 Å². The lowest BCUT2D eigenvalue weighted by Crippen LogP contribution is -2.51. The Labute approximate surface area is 90.7 Å². The number of hydrogen-bond donors (Lipinski definition) is 3. The molecule has 0 saturated heterocycles. The van der Waals surface area contributed by atoms with Crippen LogP contribution in [-0.2, 0) is 4.79 Å². The minimum atomic E-state index is -0.483. The number of nitrogens with zero attached hydrogens (tertiary/aromatic N) is 1. The fourth-order valence-corrected chi connectivity index (χ4v) is 1.00. The molecule has 0 spiro atoms. The lowest BCUT2D eigenvalue weighted by molar-refractivity contribution is -0.129. The molecule has 0 aliphatic heterocycles. The summed E-state index contributed by atoms with van der Waals surface area (Å²) in [4.78, 5) is 11.7. The molecule has 1 atom stereocenters. The molecule has 0 aromatic carbocycles. The number of rotatable bonds is 3. The van der Waals surface area contributed by atoms with Crippen molar-refractivity contribution in [3.63, 3.8) is 0 Å². The second-order valence-corrected chi connectivity index (χ2v) is 4.97. The van der Waals surface area contributed by atoms with Crippen molar-refractivity contribution < 1.29 is 10.0 Å². The number of nitrogens with one attached hydrogen (secondary N) is 1. The summed E-state index contributed by atoms with van der Waals surface area (Å²) in [5, 5.41) is 14.3. The van der Waals surface area contributed by atoms with Crippen LogP contribution in [0.3, 0.4) is 0 Å². The average molecular weight is 215 g/mol. The zero-order valence-corrected chi connectivity index (χ0v) is 10.0. The lowest BCUT2D eigenvalue weighted by Gasteiger charge is -2.25. The van der Waals surface area contributed by atoms with E-state index in [1.807, 2.05) is 34.6 Å². The number of amides is 1. The topological polar surface area (TPSA) is 87.7 Å². The van der Waals surface area contributed by atoms with Crippen LogP contribution in [0.1, 0.15) is 34.6 Å². The first-order valence-electron chi connectivity index (χ1n) is 4.98. The van der Waals surface area contributed by atoms with E-state index in [0.717, 1.165) is 0 Å². The SMILES string of the molecule is CC(C)C(NC(=O)C(C)(C)C)C(N)=NO. The molecule has 0 aromatic rings. The average Bonchev–Trinajstić information content (AvgIpc) is 2.10. The third-order valence-corrected chi connectivity index (χ3v) is 2.07. The Kier molecular flexibility index (Phi) is 4.58. The molecule has 15 heavy (non-hydrogen) atoms. The van der Waals surface area contributed by atoms with Gasteiger partial charge in [0.05, 0.1) is 6.04 Å². The van der Waals surface area contributed by atoms with Gasteiger partial charge in [-0.15, -0.1) is 0 Å². The van der Waals surface area contributed by atoms with Gasteiger partial charge in [-0.3, -0.25) is 4.79 Å². The Morgan fingerprint density at radius 2 is 1.87 bits per heavy atom. The molecular weight excluding hydrogens is 194 g/mol. The van der Waals surface area contributed by atoms with Crippen LogP contribution < -0.4 is 11.1 Å². The van der Waals surface area contributed by atoms with Gasteiger partial charge in [-0.05, 0) is 5.92 Å². The van der Waals surface area contributed by atoms with E-state index in [2.05, 4.69) is 10.5 Å². The summed E-state index contributed by atoms with van der Waals surface area (Å²) in [6, 6.07) is -0.429. The molecule has 0 bridgehead atoms. The van der Waals surface area contributed by atoms with Crippen molar-refractivity contribution in [1.82, 2.24) is 5.32 Å².